The average Bonchev–Trinajstić information content (AvgIpc) is 2.14. The highest BCUT2D eigenvalue weighted by molar-refractivity contribution is 5.76. The number of rotatable bonds is 7. The van der Waals surface area contributed by atoms with Gasteiger partial charge in [0.2, 0.25) is 5.91 Å². The lowest BCUT2D eigenvalue weighted by Gasteiger charge is -2.18. The molecule has 0 heterocycles. The van der Waals surface area contributed by atoms with Gasteiger partial charge in [0.15, 0.2) is 0 Å². The summed E-state index contributed by atoms with van der Waals surface area (Å²) in [5.41, 5.74) is 0. The molecule has 1 amide bonds. The molecular formula is C10H19NO3. The zero-order valence-electron chi connectivity index (χ0n) is 8.95. The second-order valence-electron chi connectivity index (χ2n) is 3.17. The third kappa shape index (κ3) is 5.56. The minimum atomic E-state index is -0.791. The largest absolute Gasteiger partial charge is 0.481 e. The smallest absolute Gasteiger partial charge is 0.303 e. The molecule has 82 valence electrons. The van der Waals surface area contributed by atoms with Crippen molar-refractivity contribution in [3.8, 4) is 0 Å². The number of aliphatic carboxylic acids is 1. The third-order valence-electron chi connectivity index (χ3n) is 2.15. The average molecular weight is 201 g/mol. The van der Waals surface area contributed by atoms with Crippen molar-refractivity contribution in [2.24, 2.45) is 0 Å². The maximum atomic E-state index is 11.4. The number of amides is 1. The van der Waals surface area contributed by atoms with E-state index >= 15 is 0 Å². The molecule has 0 rings (SSSR count). The lowest BCUT2D eigenvalue weighted by atomic mass is 10.2. The van der Waals surface area contributed by atoms with Crippen LogP contribution in [0.2, 0.25) is 0 Å². The van der Waals surface area contributed by atoms with Gasteiger partial charge in [0.05, 0.1) is 0 Å². The van der Waals surface area contributed by atoms with Crippen LogP contribution in [-0.2, 0) is 9.59 Å². The SMILES string of the molecule is CCN(CC)C(=O)CCCCC(=O)O. The summed E-state index contributed by atoms with van der Waals surface area (Å²) >= 11 is 0. The Morgan fingerprint density at radius 1 is 1.07 bits per heavy atom. The summed E-state index contributed by atoms with van der Waals surface area (Å²) in [5.74, 6) is -0.666. The molecule has 0 spiro atoms. The van der Waals surface area contributed by atoms with Crippen LogP contribution in [-0.4, -0.2) is 35.0 Å². The van der Waals surface area contributed by atoms with Gasteiger partial charge in [-0.25, -0.2) is 0 Å². The quantitative estimate of drug-likeness (QED) is 0.635. The number of carbonyl (C=O) groups is 2. The van der Waals surface area contributed by atoms with E-state index < -0.39 is 5.97 Å². The molecule has 0 aromatic rings. The van der Waals surface area contributed by atoms with Gasteiger partial charge in [-0.05, 0) is 26.7 Å². The van der Waals surface area contributed by atoms with Crippen molar-refractivity contribution in [3.63, 3.8) is 0 Å². The Morgan fingerprint density at radius 3 is 2.00 bits per heavy atom. The maximum Gasteiger partial charge on any atom is 0.303 e. The summed E-state index contributed by atoms with van der Waals surface area (Å²) in [4.78, 5) is 23.4. The van der Waals surface area contributed by atoms with Gasteiger partial charge >= 0.3 is 5.97 Å². The van der Waals surface area contributed by atoms with Gasteiger partial charge in [-0.3, -0.25) is 9.59 Å². The highest BCUT2D eigenvalue weighted by atomic mass is 16.4. The molecule has 4 heteroatoms. The van der Waals surface area contributed by atoms with Gasteiger partial charge in [-0.15, -0.1) is 0 Å². The highest BCUT2D eigenvalue weighted by Crippen LogP contribution is 2.03. The normalized spacial score (nSPS) is 9.86. The number of carboxylic acids is 1. The van der Waals surface area contributed by atoms with E-state index in [1.807, 2.05) is 13.8 Å². The molecule has 0 aliphatic heterocycles. The maximum absolute atomic E-state index is 11.4. The van der Waals surface area contributed by atoms with Crippen molar-refractivity contribution < 1.29 is 14.7 Å². The molecule has 1 N–H and O–H groups in total. The van der Waals surface area contributed by atoms with E-state index in [4.69, 9.17) is 5.11 Å². The number of nitrogens with zero attached hydrogens (tertiary/aromatic N) is 1. The van der Waals surface area contributed by atoms with Crippen LogP contribution in [0.5, 0.6) is 0 Å². The molecule has 0 radical (unpaired) electrons. The van der Waals surface area contributed by atoms with E-state index in [1.165, 1.54) is 0 Å². The van der Waals surface area contributed by atoms with E-state index in [0.717, 1.165) is 13.1 Å². The molecule has 0 aliphatic rings. The van der Waals surface area contributed by atoms with Crippen LogP contribution in [0.1, 0.15) is 39.5 Å². The summed E-state index contributed by atoms with van der Waals surface area (Å²) in [6.45, 7) is 5.35. The van der Waals surface area contributed by atoms with Crippen molar-refractivity contribution in [2.75, 3.05) is 13.1 Å². The Kier molecular flexibility index (Phi) is 6.80. The number of hydrogen-bond acceptors (Lipinski definition) is 2. The van der Waals surface area contributed by atoms with E-state index in [2.05, 4.69) is 0 Å². The molecule has 0 aromatic heterocycles. The van der Waals surface area contributed by atoms with Gasteiger partial charge in [0.1, 0.15) is 0 Å². The van der Waals surface area contributed by atoms with Crippen molar-refractivity contribution in [1.82, 2.24) is 4.90 Å². The van der Waals surface area contributed by atoms with Crippen molar-refractivity contribution in [2.45, 2.75) is 39.5 Å². The van der Waals surface area contributed by atoms with Crippen LogP contribution in [0, 0.1) is 0 Å². The van der Waals surface area contributed by atoms with Gasteiger partial charge in [0, 0.05) is 25.9 Å². The van der Waals surface area contributed by atoms with Crippen LogP contribution in [0.15, 0.2) is 0 Å². The molecule has 0 saturated heterocycles. The van der Waals surface area contributed by atoms with Gasteiger partial charge in [-0.1, -0.05) is 0 Å². The monoisotopic (exact) mass is 201 g/mol. The van der Waals surface area contributed by atoms with E-state index in [1.54, 1.807) is 4.90 Å². The fraction of sp³-hybridized carbons (Fsp3) is 0.800. The Bertz CT molecular complexity index is 188. The molecule has 0 unspecified atom stereocenters. The molecule has 0 bridgehead atoms. The summed E-state index contributed by atoms with van der Waals surface area (Å²) in [5, 5.41) is 8.38. The first kappa shape index (κ1) is 12.9. The van der Waals surface area contributed by atoms with E-state index in [9.17, 15) is 9.59 Å². The second kappa shape index (κ2) is 7.35. The number of carbonyl (C=O) groups excluding carboxylic acids is 1. The predicted molar refractivity (Wildman–Crippen MR) is 54.0 cm³/mol. The predicted octanol–water partition coefficient (Wildman–Crippen LogP) is 1.50. The van der Waals surface area contributed by atoms with Crippen LogP contribution >= 0.6 is 0 Å². The number of hydrogen-bond donors (Lipinski definition) is 1. The summed E-state index contributed by atoms with van der Waals surface area (Å²) in [7, 11) is 0. The summed E-state index contributed by atoms with van der Waals surface area (Å²) in [6, 6.07) is 0. The molecule has 0 aliphatic carbocycles. The minimum Gasteiger partial charge on any atom is -0.481 e. The molecule has 0 aromatic carbocycles. The van der Waals surface area contributed by atoms with Crippen molar-refractivity contribution in [3.05, 3.63) is 0 Å². The molecule has 0 fully saturated rings. The first-order chi connectivity index (χ1) is 6.61. The van der Waals surface area contributed by atoms with Gasteiger partial charge in [0.25, 0.3) is 0 Å². The summed E-state index contributed by atoms with van der Waals surface area (Å²) in [6.07, 6.45) is 1.88. The van der Waals surface area contributed by atoms with Gasteiger partial charge < -0.3 is 10.0 Å². The number of carboxylic acid groups (broad SMARTS) is 1. The second-order valence-corrected chi connectivity index (χ2v) is 3.17. The fourth-order valence-corrected chi connectivity index (χ4v) is 1.29. The van der Waals surface area contributed by atoms with E-state index in [0.29, 0.717) is 19.3 Å². The lowest BCUT2D eigenvalue weighted by Crippen LogP contribution is -2.30. The molecule has 0 atom stereocenters. The topological polar surface area (TPSA) is 57.6 Å². The zero-order valence-corrected chi connectivity index (χ0v) is 8.95. The van der Waals surface area contributed by atoms with E-state index in [-0.39, 0.29) is 12.3 Å². The first-order valence-corrected chi connectivity index (χ1v) is 5.11. The van der Waals surface area contributed by atoms with Crippen LogP contribution in [0.25, 0.3) is 0 Å². The highest BCUT2D eigenvalue weighted by Gasteiger charge is 2.08. The first-order valence-electron chi connectivity index (χ1n) is 5.11. The van der Waals surface area contributed by atoms with Crippen LogP contribution < -0.4 is 0 Å². The standard InChI is InChI=1S/C10H19NO3/c1-3-11(4-2)9(12)7-5-6-8-10(13)14/h3-8H2,1-2H3,(H,13,14). The summed E-state index contributed by atoms with van der Waals surface area (Å²) < 4.78 is 0. The Labute approximate surface area is 84.9 Å². The third-order valence-corrected chi connectivity index (χ3v) is 2.15. The Morgan fingerprint density at radius 2 is 1.57 bits per heavy atom. The molecular weight excluding hydrogens is 182 g/mol. The van der Waals surface area contributed by atoms with Crippen LogP contribution in [0.3, 0.4) is 0 Å². The molecule has 14 heavy (non-hydrogen) atoms. The van der Waals surface area contributed by atoms with Crippen LogP contribution in [0.4, 0.5) is 0 Å². The molecule has 4 nitrogen and oxygen atoms in total. The fourth-order valence-electron chi connectivity index (χ4n) is 1.29. The Balaban J connectivity index is 3.57. The van der Waals surface area contributed by atoms with Gasteiger partial charge in [-0.2, -0.15) is 0 Å². The number of unbranched alkanes of at least 4 members (excludes halogenated alkanes) is 1. The minimum absolute atomic E-state index is 0.125. The molecule has 0 saturated carbocycles. The lowest BCUT2D eigenvalue weighted by molar-refractivity contribution is -0.137. The Hall–Kier alpha value is -1.06. The zero-order chi connectivity index (χ0) is 11.0. The van der Waals surface area contributed by atoms with Crippen molar-refractivity contribution in [1.29, 1.82) is 0 Å². The van der Waals surface area contributed by atoms with Crippen molar-refractivity contribution >= 4 is 11.9 Å².